The van der Waals surface area contributed by atoms with Gasteiger partial charge in [-0.2, -0.15) is 4.89 Å². The molecule has 1 aliphatic heterocycles. The maximum Gasteiger partial charge on any atom is 0.181 e. The average Bonchev–Trinajstić information content (AvgIpc) is 3.08. The molecule has 0 spiro atoms. The van der Waals surface area contributed by atoms with Gasteiger partial charge in [-0.1, -0.05) is 30.3 Å². The SMILES string of the molecule is c1ccc2c(c1)COO2.c1ccc2ocnc2c1. The number of aromatic nitrogens is 1. The summed E-state index contributed by atoms with van der Waals surface area (Å²) in [4.78, 5) is 13.5. The Kier molecular flexibility index (Phi) is 2.94. The van der Waals surface area contributed by atoms with Gasteiger partial charge in [0.25, 0.3) is 0 Å². The van der Waals surface area contributed by atoms with Gasteiger partial charge in [-0.15, -0.1) is 0 Å². The lowest BCUT2D eigenvalue weighted by Crippen LogP contribution is -1.80. The maximum absolute atomic E-state index is 5.01. The van der Waals surface area contributed by atoms with E-state index in [1.165, 1.54) is 6.39 Å². The molecule has 0 N–H and O–H groups in total. The van der Waals surface area contributed by atoms with E-state index in [9.17, 15) is 0 Å². The zero-order chi connectivity index (χ0) is 12.2. The van der Waals surface area contributed by atoms with Crippen LogP contribution in [0.5, 0.6) is 5.75 Å². The Labute approximate surface area is 104 Å². The molecule has 0 bridgehead atoms. The molecule has 1 aliphatic rings. The normalized spacial score (nSPS) is 12.4. The van der Waals surface area contributed by atoms with Crippen LogP contribution in [-0.4, -0.2) is 4.98 Å². The number of hydrogen-bond acceptors (Lipinski definition) is 4. The first-order valence-corrected chi connectivity index (χ1v) is 5.59. The van der Waals surface area contributed by atoms with Crippen LogP contribution < -0.4 is 4.89 Å². The lowest BCUT2D eigenvalue weighted by atomic mass is 10.2. The molecule has 2 heterocycles. The first-order valence-electron chi connectivity index (χ1n) is 5.59. The summed E-state index contributed by atoms with van der Waals surface area (Å²) in [5, 5.41) is 0. The molecular weight excluding hydrogens is 230 g/mol. The van der Waals surface area contributed by atoms with Crippen LogP contribution in [0.2, 0.25) is 0 Å². The van der Waals surface area contributed by atoms with E-state index in [1.54, 1.807) is 0 Å². The number of oxazole rings is 1. The van der Waals surface area contributed by atoms with Crippen LogP contribution in [0.15, 0.2) is 59.3 Å². The topological polar surface area (TPSA) is 44.5 Å². The lowest BCUT2D eigenvalue weighted by Gasteiger charge is -1.89. The van der Waals surface area contributed by atoms with E-state index in [4.69, 9.17) is 14.2 Å². The van der Waals surface area contributed by atoms with Gasteiger partial charge in [0.15, 0.2) is 17.7 Å². The second kappa shape index (κ2) is 4.89. The summed E-state index contributed by atoms with van der Waals surface area (Å²) in [5.74, 6) is 0.845. The van der Waals surface area contributed by atoms with E-state index in [0.29, 0.717) is 6.61 Å². The first-order chi connectivity index (χ1) is 8.93. The third-order valence-corrected chi connectivity index (χ3v) is 2.57. The predicted molar refractivity (Wildman–Crippen MR) is 65.9 cm³/mol. The molecule has 3 aromatic rings. The minimum absolute atomic E-state index is 0.580. The average molecular weight is 241 g/mol. The molecule has 0 saturated carbocycles. The van der Waals surface area contributed by atoms with Gasteiger partial charge in [0.2, 0.25) is 0 Å². The molecule has 0 fully saturated rings. The monoisotopic (exact) mass is 241 g/mol. The van der Waals surface area contributed by atoms with Crippen molar-refractivity contribution in [1.82, 2.24) is 4.98 Å². The van der Waals surface area contributed by atoms with Crippen LogP contribution in [0.3, 0.4) is 0 Å². The predicted octanol–water partition coefficient (Wildman–Crippen LogP) is 3.34. The first kappa shape index (κ1) is 10.8. The zero-order valence-electron chi connectivity index (χ0n) is 9.58. The Hall–Kier alpha value is -2.33. The Morgan fingerprint density at radius 2 is 1.78 bits per heavy atom. The number of para-hydroxylation sites is 3. The summed E-state index contributed by atoms with van der Waals surface area (Å²) in [6.07, 6.45) is 1.45. The summed E-state index contributed by atoms with van der Waals surface area (Å²) in [5.41, 5.74) is 2.88. The highest BCUT2D eigenvalue weighted by molar-refractivity contribution is 5.71. The van der Waals surface area contributed by atoms with Gasteiger partial charge in [0.1, 0.15) is 12.1 Å². The quantitative estimate of drug-likeness (QED) is 0.566. The van der Waals surface area contributed by atoms with E-state index in [-0.39, 0.29) is 0 Å². The number of rotatable bonds is 0. The molecule has 1 aromatic heterocycles. The largest absolute Gasteiger partial charge is 0.443 e. The molecule has 18 heavy (non-hydrogen) atoms. The molecule has 4 heteroatoms. The molecule has 0 saturated heterocycles. The van der Waals surface area contributed by atoms with Crippen molar-refractivity contribution in [3.05, 3.63) is 60.5 Å². The highest BCUT2D eigenvalue weighted by atomic mass is 17.2. The molecule has 2 aromatic carbocycles. The van der Waals surface area contributed by atoms with Gasteiger partial charge in [-0.25, -0.2) is 4.98 Å². The van der Waals surface area contributed by atoms with E-state index in [0.717, 1.165) is 22.4 Å². The Bertz CT molecular complexity index is 595. The van der Waals surface area contributed by atoms with E-state index >= 15 is 0 Å². The van der Waals surface area contributed by atoms with Gasteiger partial charge < -0.3 is 9.30 Å². The molecule has 0 aliphatic carbocycles. The summed E-state index contributed by atoms with van der Waals surface area (Å²) in [7, 11) is 0. The fraction of sp³-hybridized carbons (Fsp3) is 0.0714. The van der Waals surface area contributed by atoms with Crippen LogP contribution >= 0.6 is 0 Å². The van der Waals surface area contributed by atoms with Crippen LogP contribution in [-0.2, 0) is 11.5 Å². The van der Waals surface area contributed by atoms with Crippen LogP contribution in [0, 0.1) is 0 Å². The van der Waals surface area contributed by atoms with Gasteiger partial charge in [0, 0.05) is 5.56 Å². The van der Waals surface area contributed by atoms with Crippen molar-refractivity contribution in [3.8, 4) is 5.75 Å². The van der Waals surface area contributed by atoms with Gasteiger partial charge in [-0.3, -0.25) is 0 Å². The fourth-order valence-corrected chi connectivity index (χ4v) is 1.66. The maximum atomic E-state index is 5.01. The van der Waals surface area contributed by atoms with Crippen molar-refractivity contribution in [3.63, 3.8) is 0 Å². The van der Waals surface area contributed by atoms with E-state index in [1.807, 2.05) is 48.5 Å². The van der Waals surface area contributed by atoms with Crippen molar-refractivity contribution in [2.24, 2.45) is 0 Å². The minimum atomic E-state index is 0.580. The smallest absolute Gasteiger partial charge is 0.181 e. The molecule has 0 radical (unpaired) electrons. The Morgan fingerprint density at radius 1 is 0.944 bits per heavy atom. The van der Waals surface area contributed by atoms with E-state index < -0.39 is 0 Å². The minimum Gasteiger partial charge on any atom is -0.443 e. The van der Waals surface area contributed by atoms with Crippen molar-refractivity contribution >= 4 is 11.1 Å². The summed E-state index contributed by atoms with van der Waals surface area (Å²) >= 11 is 0. The van der Waals surface area contributed by atoms with Crippen molar-refractivity contribution < 1.29 is 14.2 Å². The Balaban J connectivity index is 0.000000111. The third-order valence-electron chi connectivity index (χ3n) is 2.57. The molecule has 4 rings (SSSR count). The van der Waals surface area contributed by atoms with Gasteiger partial charge in [-0.05, 0) is 18.2 Å². The number of hydrogen-bond donors (Lipinski definition) is 0. The molecule has 0 unspecified atom stereocenters. The molecule has 90 valence electrons. The number of nitrogens with zero attached hydrogens (tertiary/aromatic N) is 1. The van der Waals surface area contributed by atoms with Crippen molar-refractivity contribution in [2.45, 2.75) is 6.61 Å². The van der Waals surface area contributed by atoms with Gasteiger partial charge in [0.05, 0.1) is 0 Å². The summed E-state index contributed by atoms with van der Waals surface area (Å²) in [6, 6.07) is 15.4. The molecule has 4 nitrogen and oxygen atoms in total. The summed E-state index contributed by atoms with van der Waals surface area (Å²) < 4.78 is 5.01. The third kappa shape index (κ3) is 2.19. The fourth-order valence-electron chi connectivity index (χ4n) is 1.66. The molecule has 0 amide bonds. The second-order valence-corrected chi connectivity index (χ2v) is 3.77. The zero-order valence-corrected chi connectivity index (χ0v) is 9.58. The number of fused-ring (bicyclic) bond motifs is 2. The van der Waals surface area contributed by atoms with Crippen LogP contribution in [0.25, 0.3) is 11.1 Å². The Morgan fingerprint density at radius 3 is 2.67 bits per heavy atom. The van der Waals surface area contributed by atoms with Gasteiger partial charge >= 0.3 is 0 Å². The highest BCUT2D eigenvalue weighted by Gasteiger charge is 2.10. The highest BCUT2D eigenvalue weighted by Crippen LogP contribution is 2.24. The number of benzene rings is 2. The van der Waals surface area contributed by atoms with Crippen molar-refractivity contribution in [2.75, 3.05) is 0 Å². The molecular formula is C14H11NO3. The van der Waals surface area contributed by atoms with Crippen LogP contribution in [0.4, 0.5) is 0 Å². The molecule has 0 atom stereocenters. The van der Waals surface area contributed by atoms with Crippen molar-refractivity contribution in [1.29, 1.82) is 0 Å². The van der Waals surface area contributed by atoms with E-state index in [2.05, 4.69) is 4.98 Å². The standard InChI is InChI=1S/C7H5NO.C7H6O2/c1-2-4-7-6(3-1)8-5-9-7;1-2-4-7-6(3-1)5-8-9-7/h1-5H;1-4H,5H2. The van der Waals surface area contributed by atoms with Crippen LogP contribution in [0.1, 0.15) is 5.56 Å². The second-order valence-electron chi connectivity index (χ2n) is 3.77. The summed E-state index contributed by atoms with van der Waals surface area (Å²) in [6.45, 7) is 0.580. The lowest BCUT2D eigenvalue weighted by molar-refractivity contribution is -0.194.